The molecule has 1 aromatic rings. The van der Waals surface area contributed by atoms with Gasteiger partial charge in [-0.15, -0.1) is 0 Å². The Morgan fingerprint density at radius 1 is 1.12 bits per heavy atom. The van der Waals surface area contributed by atoms with Crippen molar-refractivity contribution in [2.75, 3.05) is 45.9 Å². The lowest BCUT2D eigenvalue weighted by Crippen LogP contribution is -2.44. The van der Waals surface area contributed by atoms with Crippen molar-refractivity contribution in [3.05, 3.63) is 29.8 Å². The van der Waals surface area contributed by atoms with Crippen molar-refractivity contribution < 1.29 is 14.3 Å². The highest BCUT2D eigenvalue weighted by Gasteiger charge is 2.25. The third kappa shape index (κ3) is 5.71. The van der Waals surface area contributed by atoms with Gasteiger partial charge in [-0.3, -0.25) is 4.79 Å². The van der Waals surface area contributed by atoms with Crippen LogP contribution in [0.3, 0.4) is 0 Å². The highest BCUT2D eigenvalue weighted by molar-refractivity contribution is 5.78. The summed E-state index contributed by atoms with van der Waals surface area (Å²) in [6.45, 7) is 8.18. The molecular formula is C21H32N2O3. The van der Waals surface area contributed by atoms with Gasteiger partial charge in [0.15, 0.2) is 0 Å². The molecule has 144 valence electrons. The number of hydrogen-bond acceptors (Lipinski definition) is 4. The third-order valence-corrected chi connectivity index (χ3v) is 5.20. The summed E-state index contributed by atoms with van der Waals surface area (Å²) >= 11 is 0. The van der Waals surface area contributed by atoms with Crippen LogP contribution in [0.4, 0.5) is 0 Å². The molecule has 26 heavy (non-hydrogen) atoms. The summed E-state index contributed by atoms with van der Waals surface area (Å²) < 4.78 is 11.5. The Hall–Kier alpha value is -1.59. The molecule has 3 rings (SSSR count). The number of nitrogens with zero attached hydrogens (tertiary/aromatic N) is 2. The Morgan fingerprint density at radius 3 is 2.62 bits per heavy atom. The van der Waals surface area contributed by atoms with Crippen molar-refractivity contribution in [3.8, 4) is 5.75 Å². The van der Waals surface area contributed by atoms with E-state index >= 15 is 0 Å². The molecule has 5 nitrogen and oxygen atoms in total. The van der Waals surface area contributed by atoms with E-state index in [1.54, 1.807) is 0 Å². The second-order valence-electron chi connectivity index (χ2n) is 7.30. The van der Waals surface area contributed by atoms with Crippen LogP contribution in [0.25, 0.3) is 0 Å². The van der Waals surface area contributed by atoms with Gasteiger partial charge in [0.25, 0.3) is 0 Å². The monoisotopic (exact) mass is 360 g/mol. The number of carbonyl (C=O) groups is 1. The molecule has 0 spiro atoms. The van der Waals surface area contributed by atoms with E-state index in [2.05, 4.69) is 4.90 Å². The molecule has 5 heteroatoms. The number of ether oxygens (including phenoxy) is 2. The smallest absolute Gasteiger partial charge is 0.227 e. The molecule has 1 amide bonds. The Kier molecular flexibility index (Phi) is 7.32. The van der Waals surface area contributed by atoms with E-state index in [4.69, 9.17) is 9.47 Å². The molecule has 0 N–H and O–H groups in total. The first-order valence-electron chi connectivity index (χ1n) is 10.1. The Labute approximate surface area is 157 Å². The lowest BCUT2D eigenvalue weighted by molar-refractivity contribution is -0.131. The number of hydrogen-bond donors (Lipinski definition) is 0. The van der Waals surface area contributed by atoms with E-state index in [9.17, 15) is 4.79 Å². The van der Waals surface area contributed by atoms with E-state index in [1.807, 2.05) is 36.1 Å². The minimum Gasteiger partial charge on any atom is -0.494 e. The first-order valence-corrected chi connectivity index (χ1v) is 10.1. The summed E-state index contributed by atoms with van der Waals surface area (Å²) in [4.78, 5) is 17.3. The van der Waals surface area contributed by atoms with Gasteiger partial charge in [-0.25, -0.2) is 0 Å². The molecular weight excluding hydrogens is 328 g/mol. The Bertz CT molecular complexity index is 555. The number of benzene rings is 1. The Morgan fingerprint density at radius 2 is 1.88 bits per heavy atom. The van der Waals surface area contributed by atoms with Crippen LogP contribution in [0.1, 0.15) is 38.2 Å². The normalized spacial score (nSPS) is 22.0. The molecule has 1 aromatic carbocycles. The van der Waals surface area contributed by atoms with E-state index in [0.717, 1.165) is 37.4 Å². The predicted octanol–water partition coefficient (Wildman–Crippen LogP) is 2.73. The summed E-state index contributed by atoms with van der Waals surface area (Å²) in [5.41, 5.74) is 1.04. The largest absolute Gasteiger partial charge is 0.494 e. The molecule has 2 aliphatic rings. The minimum absolute atomic E-state index is 0.139. The maximum Gasteiger partial charge on any atom is 0.227 e. The number of piperidine rings is 1. The molecule has 0 radical (unpaired) electrons. The number of likely N-dealkylation sites (tertiary alicyclic amines) is 1. The first kappa shape index (κ1) is 19.2. The van der Waals surface area contributed by atoms with E-state index < -0.39 is 0 Å². The lowest BCUT2D eigenvalue weighted by Gasteiger charge is -2.31. The van der Waals surface area contributed by atoms with Gasteiger partial charge in [-0.1, -0.05) is 18.6 Å². The highest BCUT2D eigenvalue weighted by atomic mass is 16.5. The molecule has 2 aliphatic heterocycles. The van der Waals surface area contributed by atoms with Crippen LogP contribution in [0.5, 0.6) is 5.75 Å². The molecule has 0 bridgehead atoms. The molecule has 0 saturated carbocycles. The van der Waals surface area contributed by atoms with Crippen molar-refractivity contribution in [1.82, 2.24) is 9.80 Å². The zero-order valence-corrected chi connectivity index (χ0v) is 16.0. The van der Waals surface area contributed by atoms with E-state index in [0.29, 0.717) is 19.6 Å². The Balaban J connectivity index is 1.53. The van der Waals surface area contributed by atoms with Gasteiger partial charge in [0.2, 0.25) is 5.91 Å². The minimum atomic E-state index is 0.139. The van der Waals surface area contributed by atoms with Crippen LogP contribution >= 0.6 is 0 Å². The van der Waals surface area contributed by atoms with Crippen molar-refractivity contribution in [3.63, 3.8) is 0 Å². The van der Waals surface area contributed by atoms with E-state index in [-0.39, 0.29) is 12.0 Å². The number of carbonyl (C=O) groups excluding carboxylic acids is 1. The SMILES string of the molecule is CCOc1ccc(CC(=O)N2CCCO[C@H](CN3CCCCC3)C2)cc1. The van der Waals surface area contributed by atoms with Gasteiger partial charge in [-0.05, 0) is 57.0 Å². The molecule has 2 saturated heterocycles. The maximum absolute atomic E-state index is 12.8. The molecule has 1 atom stereocenters. The van der Waals surface area contributed by atoms with Crippen LogP contribution in [0, 0.1) is 0 Å². The summed E-state index contributed by atoms with van der Waals surface area (Å²) in [6.07, 6.45) is 5.42. The first-order chi connectivity index (χ1) is 12.7. The van der Waals surface area contributed by atoms with E-state index in [1.165, 1.54) is 32.4 Å². The predicted molar refractivity (Wildman–Crippen MR) is 103 cm³/mol. The van der Waals surface area contributed by atoms with Crippen molar-refractivity contribution in [1.29, 1.82) is 0 Å². The highest BCUT2D eigenvalue weighted by Crippen LogP contribution is 2.16. The van der Waals surface area contributed by atoms with Crippen molar-refractivity contribution in [2.24, 2.45) is 0 Å². The van der Waals surface area contributed by atoms with Gasteiger partial charge < -0.3 is 19.3 Å². The molecule has 0 unspecified atom stereocenters. The summed E-state index contributed by atoms with van der Waals surface area (Å²) in [5.74, 6) is 1.05. The average molecular weight is 360 g/mol. The average Bonchev–Trinajstić information content (AvgIpc) is 2.90. The van der Waals surface area contributed by atoms with Gasteiger partial charge >= 0.3 is 0 Å². The second-order valence-corrected chi connectivity index (χ2v) is 7.30. The third-order valence-electron chi connectivity index (χ3n) is 5.20. The maximum atomic E-state index is 12.8. The lowest BCUT2D eigenvalue weighted by atomic mass is 10.1. The van der Waals surface area contributed by atoms with Crippen LogP contribution in [0.15, 0.2) is 24.3 Å². The number of rotatable bonds is 6. The van der Waals surface area contributed by atoms with Gasteiger partial charge in [0.05, 0.1) is 19.1 Å². The van der Waals surface area contributed by atoms with Crippen molar-refractivity contribution >= 4 is 5.91 Å². The molecule has 0 aromatic heterocycles. The standard InChI is InChI=1S/C21H32N2O3/c1-2-25-19-9-7-18(8-10-19)15-21(24)23-13-6-14-26-20(17-23)16-22-11-4-3-5-12-22/h7-10,20H,2-6,11-17H2,1H3/t20-/m1/s1. The van der Waals surface area contributed by atoms with Crippen LogP contribution in [-0.4, -0.2) is 67.7 Å². The summed E-state index contributed by atoms with van der Waals surface area (Å²) in [6, 6.07) is 7.86. The van der Waals surface area contributed by atoms with Gasteiger partial charge in [-0.2, -0.15) is 0 Å². The second kappa shape index (κ2) is 9.93. The van der Waals surface area contributed by atoms with Crippen molar-refractivity contribution in [2.45, 2.75) is 45.1 Å². The fraction of sp³-hybridized carbons (Fsp3) is 0.667. The molecule has 0 aliphatic carbocycles. The molecule has 2 heterocycles. The topological polar surface area (TPSA) is 42.0 Å². The number of amides is 1. The zero-order chi connectivity index (χ0) is 18.2. The van der Waals surface area contributed by atoms with Crippen LogP contribution in [0.2, 0.25) is 0 Å². The van der Waals surface area contributed by atoms with Crippen LogP contribution < -0.4 is 4.74 Å². The van der Waals surface area contributed by atoms with Gasteiger partial charge in [0.1, 0.15) is 5.75 Å². The van der Waals surface area contributed by atoms with Gasteiger partial charge in [0, 0.05) is 26.2 Å². The quantitative estimate of drug-likeness (QED) is 0.782. The fourth-order valence-electron chi connectivity index (χ4n) is 3.82. The van der Waals surface area contributed by atoms with Crippen LogP contribution in [-0.2, 0) is 16.0 Å². The molecule has 2 fully saturated rings. The zero-order valence-electron chi connectivity index (χ0n) is 16.0. The summed E-state index contributed by atoms with van der Waals surface area (Å²) in [7, 11) is 0. The fourth-order valence-corrected chi connectivity index (χ4v) is 3.82. The summed E-state index contributed by atoms with van der Waals surface area (Å²) in [5, 5.41) is 0.